The summed E-state index contributed by atoms with van der Waals surface area (Å²) in [4.78, 5) is 1.27. The van der Waals surface area contributed by atoms with Crippen LogP contribution in [0.1, 0.15) is 6.92 Å². The summed E-state index contributed by atoms with van der Waals surface area (Å²) >= 11 is 5.26. The molecule has 0 aromatic heterocycles. The maximum Gasteiger partial charge on any atom is 0.133 e. The zero-order chi connectivity index (χ0) is 8.97. The van der Waals surface area contributed by atoms with Crippen molar-refractivity contribution in [2.75, 3.05) is 12.9 Å². The molecule has 0 atom stereocenters. The Morgan fingerprint density at radius 3 is 2.75 bits per heavy atom. The summed E-state index contributed by atoms with van der Waals surface area (Å²) in [5, 5.41) is 0. The van der Waals surface area contributed by atoms with E-state index in [9.17, 15) is 0 Å². The molecular formula is C9H11BrOS. The second-order valence-corrected chi connectivity index (χ2v) is 4.42. The minimum Gasteiger partial charge on any atom is -0.496 e. The van der Waals surface area contributed by atoms with Crippen molar-refractivity contribution in [2.45, 2.75) is 11.8 Å². The molecule has 12 heavy (non-hydrogen) atoms. The summed E-state index contributed by atoms with van der Waals surface area (Å²) in [6.45, 7) is 2.14. The molecule has 0 bridgehead atoms. The van der Waals surface area contributed by atoms with Crippen molar-refractivity contribution in [1.82, 2.24) is 0 Å². The zero-order valence-electron chi connectivity index (χ0n) is 7.13. The number of rotatable bonds is 3. The van der Waals surface area contributed by atoms with Crippen LogP contribution in [0.25, 0.3) is 0 Å². The molecule has 0 aliphatic rings. The average molecular weight is 247 g/mol. The van der Waals surface area contributed by atoms with E-state index in [1.54, 1.807) is 7.11 Å². The van der Waals surface area contributed by atoms with Gasteiger partial charge in [-0.3, -0.25) is 0 Å². The molecule has 0 aliphatic carbocycles. The van der Waals surface area contributed by atoms with Crippen LogP contribution >= 0.6 is 27.7 Å². The van der Waals surface area contributed by atoms with E-state index in [1.165, 1.54) is 4.90 Å². The second-order valence-electron chi connectivity index (χ2n) is 2.23. The Morgan fingerprint density at radius 1 is 1.50 bits per heavy atom. The first-order valence-electron chi connectivity index (χ1n) is 3.74. The quantitative estimate of drug-likeness (QED) is 0.755. The Morgan fingerprint density at radius 2 is 2.25 bits per heavy atom. The van der Waals surface area contributed by atoms with Crippen LogP contribution in [0.4, 0.5) is 0 Å². The Labute approximate surface area is 85.6 Å². The van der Waals surface area contributed by atoms with E-state index in [2.05, 4.69) is 35.0 Å². The van der Waals surface area contributed by atoms with Gasteiger partial charge in [0.05, 0.1) is 11.6 Å². The summed E-state index contributed by atoms with van der Waals surface area (Å²) in [5.74, 6) is 1.98. The summed E-state index contributed by atoms with van der Waals surface area (Å²) in [7, 11) is 1.67. The van der Waals surface area contributed by atoms with Gasteiger partial charge in [-0.25, -0.2) is 0 Å². The SMILES string of the molecule is CCSc1ccc(OC)c(Br)c1. The molecule has 0 fully saturated rings. The van der Waals surface area contributed by atoms with E-state index in [1.807, 2.05) is 17.8 Å². The van der Waals surface area contributed by atoms with Crippen molar-refractivity contribution >= 4 is 27.7 Å². The molecule has 1 nitrogen and oxygen atoms in total. The number of benzene rings is 1. The third-order valence-electron chi connectivity index (χ3n) is 1.43. The average Bonchev–Trinajstić information content (AvgIpc) is 2.05. The van der Waals surface area contributed by atoms with Gasteiger partial charge in [0.2, 0.25) is 0 Å². The Bertz CT molecular complexity index is 263. The Kier molecular flexibility index (Phi) is 3.95. The standard InChI is InChI=1S/C9H11BrOS/c1-3-12-7-4-5-9(11-2)8(10)6-7/h4-6H,3H2,1-2H3. The van der Waals surface area contributed by atoms with Gasteiger partial charge in [0.1, 0.15) is 5.75 Å². The van der Waals surface area contributed by atoms with Gasteiger partial charge in [-0.05, 0) is 39.9 Å². The Hall–Kier alpha value is -0.150. The molecule has 0 N–H and O–H groups in total. The van der Waals surface area contributed by atoms with Crippen molar-refractivity contribution in [3.05, 3.63) is 22.7 Å². The highest BCUT2D eigenvalue weighted by Gasteiger charge is 2.00. The molecule has 0 aliphatic heterocycles. The number of ether oxygens (including phenoxy) is 1. The monoisotopic (exact) mass is 246 g/mol. The lowest BCUT2D eigenvalue weighted by Gasteiger charge is -2.04. The lowest BCUT2D eigenvalue weighted by molar-refractivity contribution is 0.412. The predicted octanol–water partition coefficient (Wildman–Crippen LogP) is 3.57. The van der Waals surface area contributed by atoms with Crippen LogP contribution in [0.3, 0.4) is 0 Å². The normalized spacial score (nSPS) is 9.92. The molecule has 1 rings (SSSR count). The van der Waals surface area contributed by atoms with Crippen LogP contribution in [-0.2, 0) is 0 Å². The highest BCUT2D eigenvalue weighted by Crippen LogP contribution is 2.29. The smallest absolute Gasteiger partial charge is 0.133 e. The first-order valence-corrected chi connectivity index (χ1v) is 5.52. The van der Waals surface area contributed by atoms with Gasteiger partial charge in [0.15, 0.2) is 0 Å². The van der Waals surface area contributed by atoms with Gasteiger partial charge in [-0.2, -0.15) is 0 Å². The number of thioether (sulfide) groups is 1. The number of hydrogen-bond acceptors (Lipinski definition) is 2. The van der Waals surface area contributed by atoms with E-state index in [0.717, 1.165) is 16.0 Å². The third kappa shape index (κ3) is 2.42. The van der Waals surface area contributed by atoms with E-state index in [-0.39, 0.29) is 0 Å². The molecule has 1 aromatic carbocycles. The van der Waals surface area contributed by atoms with Gasteiger partial charge in [0.25, 0.3) is 0 Å². The van der Waals surface area contributed by atoms with Crippen LogP contribution in [0.2, 0.25) is 0 Å². The van der Waals surface area contributed by atoms with E-state index in [0.29, 0.717) is 0 Å². The van der Waals surface area contributed by atoms with Crippen molar-refractivity contribution in [2.24, 2.45) is 0 Å². The molecule has 0 spiro atoms. The minimum absolute atomic E-state index is 0.885. The topological polar surface area (TPSA) is 9.23 Å². The van der Waals surface area contributed by atoms with E-state index >= 15 is 0 Å². The predicted molar refractivity (Wildman–Crippen MR) is 57.1 cm³/mol. The van der Waals surface area contributed by atoms with E-state index in [4.69, 9.17) is 4.74 Å². The highest BCUT2D eigenvalue weighted by atomic mass is 79.9. The molecule has 3 heteroatoms. The number of methoxy groups -OCH3 is 1. The van der Waals surface area contributed by atoms with Crippen molar-refractivity contribution < 1.29 is 4.74 Å². The van der Waals surface area contributed by atoms with Gasteiger partial charge in [-0.15, -0.1) is 11.8 Å². The molecular weight excluding hydrogens is 236 g/mol. The first kappa shape index (κ1) is 9.93. The fourth-order valence-electron chi connectivity index (χ4n) is 0.904. The molecule has 0 amide bonds. The maximum absolute atomic E-state index is 5.12. The molecule has 66 valence electrons. The zero-order valence-corrected chi connectivity index (χ0v) is 9.54. The van der Waals surface area contributed by atoms with Crippen molar-refractivity contribution in [3.8, 4) is 5.75 Å². The first-order chi connectivity index (χ1) is 5.77. The summed E-state index contributed by atoms with van der Waals surface area (Å²) in [6, 6.07) is 6.12. The summed E-state index contributed by atoms with van der Waals surface area (Å²) < 4.78 is 6.14. The van der Waals surface area contributed by atoms with Crippen molar-refractivity contribution in [1.29, 1.82) is 0 Å². The molecule has 0 saturated heterocycles. The highest BCUT2D eigenvalue weighted by molar-refractivity contribution is 9.10. The number of halogens is 1. The molecule has 0 unspecified atom stereocenters. The number of hydrogen-bond donors (Lipinski definition) is 0. The van der Waals surface area contributed by atoms with Crippen LogP contribution in [0, 0.1) is 0 Å². The van der Waals surface area contributed by atoms with Crippen LogP contribution in [-0.4, -0.2) is 12.9 Å². The molecule has 1 aromatic rings. The van der Waals surface area contributed by atoms with Gasteiger partial charge in [0, 0.05) is 4.90 Å². The second kappa shape index (κ2) is 4.77. The van der Waals surface area contributed by atoms with Gasteiger partial charge in [-0.1, -0.05) is 6.92 Å². The van der Waals surface area contributed by atoms with Crippen molar-refractivity contribution in [3.63, 3.8) is 0 Å². The fourth-order valence-corrected chi connectivity index (χ4v) is 2.29. The minimum atomic E-state index is 0.885. The Balaban J connectivity index is 2.86. The summed E-state index contributed by atoms with van der Waals surface area (Å²) in [6.07, 6.45) is 0. The lowest BCUT2D eigenvalue weighted by atomic mass is 10.3. The third-order valence-corrected chi connectivity index (χ3v) is 2.93. The largest absolute Gasteiger partial charge is 0.496 e. The molecule has 0 saturated carbocycles. The van der Waals surface area contributed by atoms with Crippen LogP contribution in [0.15, 0.2) is 27.6 Å². The fraction of sp³-hybridized carbons (Fsp3) is 0.333. The van der Waals surface area contributed by atoms with Crippen LogP contribution in [0.5, 0.6) is 5.75 Å². The van der Waals surface area contributed by atoms with Gasteiger partial charge < -0.3 is 4.74 Å². The summed E-state index contributed by atoms with van der Waals surface area (Å²) in [5.41, 5.74) is 0. The molecule has 0 radical (unpaired) electrons. The molecule has 0 heterocycles. The van der Waals surface area contributed by atoms with E-state index < -0.39 is 0 Å². The van der Waals surface area contributed by atoms with Gasteiger partial charge >= 0.3 is 0 Å². The van der Waals surface area contributed by atoms with Crippen LogP contribution < -0.4 is 4.74 Å². The lowest BCUT2D eigenvalue weighted by Crippen LogP contribution is -1.84. The maximum atomic E-state index is 5.12.